The van der Waals surface area contributed by atoms with Gasteiger partial charge >= 0.3 is 6.18 Å². The maximum Gasteiger partial charge on any atom is 0.418 e. The number of amides is 1. The van der Waals surface area contributed by atoms with Crippen molar-refractivity contribution in [2.75, 3.05) is 35.7 Å². The number of nitrogens with zero attached hydrogens (tertiary/aromatic N) is 3. The molecular formula is C24H30F3N5O2. The fourth-order valence-corrected chi connectivity index (χ4v) is 4.51. The van der Waals surface area contributed by atoms with E-state index in [4.69, 9.17) is 4.74 Å². The van der Waals surface area contributed by atoms with Gasteiger partial charge in [-0.15, -0.1) is 0 Å². The molecule has 2 aliphatic rings. The van der Waals surface area contributed by atoms with Crippen LogP contribution in [0.25, 0.3) is 0 Å². The molecule has 10 heteroatoms. The Morgan fingerprint density at radius 1 is 1.18 bits per heavy atom. The second-order valence-corrected chi connectivity index (χ2v) is 9.25. The minimum Gasteiger partial charge on any atom is -0.492 e. The van der Waals surface area contributed by atoms with E-state index in [2.05, 4.69) is 20.6 Å². The van der Waals surface area contributed by atoms with Crippen LogP contribution in [0.4, 0.5) is 30.4 Å². The average Bonchev–Trinajstić information content (AvgIpc) is 2.81. The minimum atomic E-state index is -4.43. The molecule has 0 spiro atoms. The number of aryl methyl sites for hydroxylation is 1. The molecule has 2 aromatic rings. The summed E-state index contributed by atoms with van der Waals surface area (Å²) in [6.07, 6.45) is 1.64. The van der Waals surface area contributed by atoms with E-state index in [-0.39, 0.29) is 17.7 Å². The predicted octanol–water partition coefficient (Wildman–Crippen LogP) is 4.88. The summed E-state index contributed by atoms with van der Waals surface area (Å²) in [6, 6.07) is 2.73. The molecule has 4 rings (SSSR count). The summed E-state index contributed by atoms with van der Waals surface area (Å²) in [4.78, 5) is 22.3. The zero-order valence-corrected chi connectivity index (χ0v) is 19.6. The number of carbonyl (C=O) groups is 1. The number of ether oxygens (including phenoxy) is 1. The van der Waals surface area contributed by atoms with E-state index in [0.29, 0.717) is 18.4 Å². The maximum atomic E-state index is 12.8. The maximum absolute atomic E-state index is 12.8. The van der Waals surface area contributed by atoms with Crippen molar-refractivity contribution in [2.45, 2.75) is 51.7 Å². The Kier molecular flexibility index (Phi) is 6.86. The second-order valence-electron chi connectivity index (χ2n) is 9.25. The number of rotatable bonds is 6. The molecule has 1 saturated carbocycles. The molecule has 1 aliphatic carbocycles. The van der Waals surface area contributed by atoms with E-state index in [1.807, 2.05) is 31.9 Å². The molecule has 0 radical (unpaired) electrons. The number of alkyl halides is 3. The Hall–Kier alpha value is -3.04. The molecule has 184 valence electrons. The first-order valence-corrected chi connectivity index (χ1v) is 11.6. The number of hydrogen-bond donors (Lipinski definition) is 2. The quantitative estimate of drug-likeness (QED) is 0.618. The van der Waals surface area contributed by atoms with Gasteiger partial charge in [0.25, 0.3) is 0 Å². The first-order valence-electron chi connectivity index (χ1n) is 11.6. The van der Waals surface area contributed by atoms with Crippen molar-refractivity contribution in [3.8, 4) is 5.75 Å². The Balaban J connectivity index is 1.26. The van der Waals surface area contributed by atoms with Gasteiger partial charge in [-0.25, -0.2) is 4.98 Å². The summed E-state index contributed by atoms with van der Waals surface area (Å²) in [5.41, 5.74) is 1.69. The number of carbonyl (C=O) groups excluding carboxylic acids is 1. The molecule has 0 unspecified atom stereocenters. The Morgan fingerprint density at radius 2 is 1.88 bits per heavy atom. The number of anilines is 3. The van der Waals surface area contributed by atoms with Gasteiger partial charge in [0.2, 0.25) is 5.91 Å². The molecule has 1 amide bonds. The van der Waals surface area contributed by atoms with Crippen LogP contribution in [-0.2, 0) is 11.0 Å². The summed E-state index contributed by atoms with van der Waals surface area (Å²) in [5.74, 6) is 1.71. The number of fused-ring (bicyclic) bond motifs is 1. The first kappa shape index (κ1) is 24.1. The largest absolute Gasteiger partial charge is 0.492 e. The number of likely N-dealkylation sites (N-methyl/N-ethyl adjacent to an activating group) is 1. The van der Waals surface area contributed by atoms with Gasteiger partial charge in [0.15, 0.2) is 0 Å². The van der Waals surface area contributed by atoms with Gasteiger partial charge in [0, 0.05) is 25.9 Å². The summed E-state index contributed by atoms with van der Waals surface area (Å²) >= 11 is 0. The third-order valence-electron chi connectivity index (χ3n) is 6.83. The fourth-order valence-electron chi connectivity index (χ4n) is 4.51. The van der Waals surface area contributed by atoms with Crippen molar-refractivity contribution in [1.82, 2.24) is 9.97 Å². The number of nitrogens with one attached hydrogen (secondary N) is 2. The second kappa shape index (κ2) is 9.68. The molecule has 2 aromatic heterocycles. The van der Waals surface area contributed by atoms with Crippen LogP contribution < -0.4 is 20.3 Å². The standard InChI is InChI=1S/C24H30F3N5O2/c1-14-22-20(32(3)15(2)23(33)31-22)9-21(30-14)29-10-16-4-6-17(7-5-16)13-34-19-8-18(11-28-12-19)24(25,26)27/h8-9,11-12,15-17H,4-7,10,13H2,1-3H3,(H,29,30)(H,31,33)/t15-,16-,17-/m0/s1. The molecule has 1 atom stereocenters. The van der Waals surface area contributed by atoms with Gasteiger partial charge in [0.05, 0.1) is 35.4 Å². The van der Waals surface area contributed by atoms with Crippen molar-refractivity contribution >= 4 is 23.1 Å². The van der Waals surface area contributed by atoms with E-state index in [1.54, 1.807) is 0 Å². The van der Waals surface area contributed by atoms with E-state index in [0.717, 1.165) is 67.4 Å². The van der Waals surface area contributed by atoms with Gasteiger partial charge in [-0.05, 0) is 57.4 Å². The highest BCUT2D eigenvalue weighted by Crippen LogP contribution is 2.36. The zero-order chi connectivity index (χ0) is 24.5. The van der Waals surface area contributed by atoms with Crippen LogP contribution in [0.15, 0.2) is 24.5 Å². The lowest BCUT2D eigenvalue weighted by molar-refractivity contribution is -0.138. The van der Waals surface area contributed by atoms with Crippen molar-refractivity contribution in [2.24, 2.45) is 11.8 Å². The van der Waals surface area contributed by atoms with Crippen LogP contribution in [0.3, 0.4) is 0 Å². The number of halogens is 3. The summed E-state index contributed by atoms with van der Waals surface area (Å²) in [6.45, 7) is 4.94. The van der Waals surface area contributed by atoms with Gasteiger partial charge in [0.1, 0.15) is 17.6 Å². The molecule has 2 N–H and O–H groups in total. The van der Waals surface area contributed by atoms with E-state index >= 15 is 0 Å². The number of aromatic nitrogens is 2. The Labute approximate surface area is 197 Å². The third-order valence-corrected chi connectivity index (χ3v) is 6.83. The van der Waals surface area contributed by atoms with E-state index in [1.165, 1.54) is 6.20 Å². The molecule has 7 nitrogen and oxygen atoms in total. The topological polar surface area (TPSA) is 79.4 Å². The van der Waals surface area contributed by atoms with Gasteiger partial charge in [-0.3, -0.25) is 9.78 Å². The third kappa shape index (κ3) is 5.37. The lowest BCUT2D eigenvalue weighted by Crippen LogP contribution is -2.44. The fraction of sp³-hybridized carbons (Fsp3) is 0.542. The van der Waals surface area contributed by atoms with Gasteiger partial charge in [-0.1, -0.05) is 0 Å². The lowest BCUT2D eigenvalue weighted by atomic mass is 9.82. The van der Waals surface area contributed by atoms with Crippen LogP contribution in [-0.4, -0.2) is 42.1 Å². The molecular weight excluding hydrogens is 447 g/mol. The van der Waals surface area contributed by atoms with Gasteiger partial charge < -0.3 is 20.3 Å². The summed E-state index contributed by atoms with van der Waals surface area (Å²) in [7, 11) is 1.91. The zero-order valence-electron chi connectivity index (χ0n) is 19.6. The summed E-state index contributed by atoms with van der Waals surface area (Å²) < 4.78 is 44.1. The van der Waals surface area contributed by atoms with Crippen LogP contribution in [0, 0.1) is 18.8 Å². The molecule has 0 aromatic carbocycles. The highest BCUT2D eigenvalue weighted by atomic mass is 19.4. The van der Waals surface area contributed by atoms with Crippen molar-refractivity contribution in [3.63, 3.8) is 0 Å². The Bertz CT molecular complexity index is 1040. The minimum absolute atomic E-state index is 0.0364. The monoisotopic (exact) mass is 477 g/mol. The normalized spacial score (nSPS) is 22.7. The highest BCUT2D eigenvalue weighted by Gasteiger charge is 2.32. The number of hydrogen-bond acceptors (Lipinski definition) is 6. The van der Waals surface area contributed by atoms with Crippen molar-refractivity contribution < 1.29 is 22.7 Å². The molecule has 3 heterocycles. The van der Waals surface area contributed by atoms with Crippen LogP contribution in [0.1, 0.15) is 43.9 Å². The molecule has 34 heavy (non-hydrogen) atoms. The SMILES string of the molecule is Cc1nc(NC[C@H]2CC[C@H](COc3cncc(C(F)(F)F)c3)CC2)cc2c1NC(=O)[C@H](C)N2C. The smallest absolute Gasteiger partial charge is 0.418 e. The molecule has 0 bridgehead atoms. The molecule has 1 fully saturated rings. The van der Waals surface area contributed by atoms with Crippen molar-refractivity contribution in [3.05, 3.63) is 35.8 Å². The van der Waals surface area contributed by atoms with Crippen LogP contribution in [0.2, 0.25) is 0 Å². The Morgan fingerprint density at radius 3 is 2.59 bits per heavy atom. The van der Waals surface area contributed by atoms with Crippen molar-refractivity contribution in [1.29, 1.82) is 0 Å². The van der Waals surface area contributed by atoms with Crippen LogP contribution in [0.5, 0.6) is 5.75 Å². The van der Waals surface area contributed by atoms with Crippen LogP contribution >= 0.6 is 0 Å². The molecule has 1 aliphatic heterocycles. The van der Waals surface area contributed by atoms with E-state index in [9.17, 15) is 18.0 Å². The number of pyridine rings is 2. The lowest BCUT2D eigenvalue weighted by Gasteiger charge is -2.34. The average molecular weight is 478 g/mol. The van der Waals surface area contributed by atoms with E-state index < -0.39 is 11.7 Å². The highest BCUT2D eigenvalue weighted by molar-refractivity contribution is 6.04. The predicted molar refractivity (Wildman–Crippen MR) is 124 cm³/mol. The molecule has 0 saturated heterocycles. The summed E-state index contributed by atoms with van der Waals surface area (Å²) in [5, 5.41) is 6.39. The first-order chi connectivity index (χ1) is 16.1. The van der Waals surface area contributed by atoms with Gasteiger partial charge in [-0.2, -0.15) is 13.2 Å².